The van der Waals surface area contributed by atoms with Gasteiger partial charge in [0.2, 0.25) is 0 Å². The van der Waals surface area contributed by atoms with E-state index in [-0.39, 0.29) is 0 Å². The summed E-state index contributed by atoms with van der Waals surface area (Å²) in [5, 5.41) is 9.12. The topological polar surface area (TPSA) is 55.1 Å². The van der Waals surface area contributed by atoms with Crippen LogP contribution in [-0.2, 0) is 25.8 Å². The Balaban J connectivity index is 1.50. The van der Waals surface area contributed by atoms with Crippen LogP contribution in [0.15, 0.2) is 48.5 Å². The third-order valence-corrected chi connectivity index (χ3v) is 5.81. The summed E-state index contributed by atoms with van der Waals surface area (Å²) in [6.07, 6.45) is 3.81. The van der Waals surface area contributed by atoms with Crippen molar-refractivity contribution in [1.29, 1.82) is 0 Å². The largest absolute Gasteiger partial charge is 0.365 e. The number of aromatic nitrogens is 4. The SMILES string of the molecule is Cc1ccc(Cc2nc3nc4c(c(NCc5ccccc5Cl)n3n2)CCC4)cc1. The van der Waals surface area contributed by atoms with E-state index in [2.05, 4.69) is 36.5 Å². The number of hydrogen-bond donors (Lipinski definition) is 1. The normalized spacial score (nSPS) is 13.0. The first-order valence-electron chi connectivity index (χ1n) is 9.97. The van der Waals surface area contributed by atoms with E-state index in [1.165, 1.54) is 16.7 Å². The number of aryl methyl sites for hydroxylation is 2. The highest BCUT2D eigenvalue weighted by molar-refractivity contribution is 6.31. The van der Waals surface area contributed by atoms with Gasteiger partial charge < -0.3 is 5.32 Å². The molecule has 0 bridgehead atoms. The molecule has 2 aromatic heterocycles. The maximum atomic E-state index is 6.34. The first kappa shape index (κ1) is 18.1. The summed E-state index contributed by atoms with van der Waals surface area (Å²) in [4.78, 5) is 9.50. The van der Waals surface area contributed by atoms with Gasteiger partial charge in [-0.25, -0.2) is 4.98 Å². The first-order valence-corrected chi connectivity index (χ1v) is 10.4. The smallest absolute Gasteiger partial charge is 0.254 e. The molecule has 2 aromatic carbocycles. The number of nitrogens with zero attached hydrogens (tertiary/aromatic N) is 4. The molecule has 0 unspecified atom stereocenters. The lowest BCUT2D eigenvalue weighted by molar-refractivity contribution is 0.871. The van der Waals surface area contributed by atoms with Gasteiger partial charge in [-0.05, 0) is 43.4 Å². The van der Waals surface area contributed by atoms with E-state index in [1.807, 2.05) is 28.8 Å². The number of nitrogens with one attached hydrogen (secondary N) is 1. The fraction of sp³-hybridized carbons (Fsp3) is 0.261. The van der Waals surface area contributed by atoms with Gasteiger partial charge in [-0.2, -0.15) is 9.50 Å². The Kier molecular flexibility index (Phi) is 4.68. The molecule has 5 nitrogen and oxygen atoms in total. The molecule has 0 atom stereocenters. The monoisotopic (exact) mass is 403 g/mol. The van der Waals surface area contributed by atoms with E-state index < -0.39 is 0 Å². The molecule has 29 heavy (non-hydrogen) atoms. The number of benzene rings is 2. The minimum atomic E-state index is 0.637. The summed E-state index contributed by atoms with van der Waals surface area (Å²) in [6.45, 7) is 2.73. The Labute approximate surface area is 174 Å². The van der Waals surface area contributed by atoms with Crippen molar-refractivity contribution in [3.63, 3.8) is 0 Å². The number of anilines is 1. The standard InChI is InChI=1S/C23H22ClN5/c1-15-9-11-16(12-10-15)13-21-27-23-26-20-8-4-6-18(20)22(29(23)28-21)25-14-17-5-2-3-7-19(17)24/h2-3,5,7,9-12,25H,4,6,8,13-14H2,1H3. The fourth-order valence-electron chi connectivity index (χ4n) is 3.89. The van der Waals surface area contributed by atoms with Gasteiger partial charge in [0.15, 0.2) is 5.82 Å². The molecule has 0 saturated heterocycles. The second kappa shape index (κ2) is 7.48. The summed E-state index contributed by atoms with van der Waals surface area (Å²) in [7, 11) is 0. The Hall–Kier alpha value is -2.92. The lowest BCUT2D eigenvalue weighted by atomic mass is 10.1. The molecule has 0 amide bonds. The van der Waals surface area contributed by atoms with Crippen LogP contribution in [0, 0.1) is 6.92 Å². The molecule has 0 aliphatic heterocycles. The van der Waals surface area contributed by atoms with Crippen molar-refractivity contribution in [1.82, 2.24) is 19.6 Å². The number of fused-ring (bicyclic) bond motifs is 2. The lowest BCUT2D eigenvalue weighted by Crippen LogP contribution is -2.10. The zero-order chi connectivity index (χ0) is 19.8. The van der Waals surface area contributed by atoms with Crippen molar-refractivity contribution in [2.75, 3.05) is 5.32 Å². The molecule has 0 saturated carbocycles. The van der Waals surface area contributed by atoms with Crippen LogP contribution in [0.25, 0.3) is 5.78 Å². The van der Waals surface area contributed by atoms with Gasteiger partial charge in [0.1, 0.15) is 5.82 Å². The molecule has 1 aliphatic carbocycles. The zero-order valence-electron chi connectivity index (χ0n) is 16.3. The molecule has 0 fully saturated rings. The van der Waals surface area contributed by atoms with E-state index >= 15 is 0 Å². The van der Waals surface area contributed by atoms with Crippen LogP contribution < -0.4 is 5.32 Å². The Morgan fingerprint density at radius 3 is 2.69 bits per heavy atom. The molecular weight excluding hydrogens is 382 g/mol. The predicted octanol–water partition coefficient (Wildman–Crippen LogP) is 4.78. The number of rotatable bonds is 5. The third kappa shape index (κ3) is 3.58. The zero-order valence-corrected chi connectivity index (χ0v) is 17.1. The fourth-order valence-corrected chi connectivity index (χ4v) is 4.09. The molecule has 4 aromatic rings. The lowest BCUT2D eigenvalue weighted by Gasteiger charge is -2.13. The summed E-state index contributed by atoms with van der Waals surface area (Å²) >= 11 is 6.34. The number of halogens is 1. The molecule has 1 N–H and O–H groups in total. The highest BCUT2D eigenvalue weighted by Gasteiger charge is 2.22. The van der Waals surface area contributed by atoms with Crippen molar-refractivity contribution >= 4 is 23.2 Å². The van der Waals surface area contributed by atoms with Crippen molar-refractivity contribution in [2.45, 2.75) is 39.2 Å². The summed E-state index contributed by atoms with van der Waals surface area (Å²) in [5.41, 5.74) is 5.89. The summed E-state index contributed by atoms with van der Waals surface area (Å²) in [5.74, 6) is 2.44. The van der Waals surface area contributed by atoms with Crippen LogP contribution in [0.2, 0.25) is 5.02 Å². The second-order valence-electron chi connectivity index (χ2n) is 7.59. The third-order valence-electron chi connectivity index (χ3n) is 5.44. The van der Waals surface area contributed by atoms with E-state index in [4.69, 9.17) is 26.7 Å². The van der Waals surface area contributed by atoms with Gasteiger partial charge in [-0.1, -0.05) is 59.6 Å². The van der Waals surface area contributed by atoms with Crippen molar-refractivity contribution in [2.24, 2.45) is 0 Å². The van der Waals surface area contributed by atoms with Gasteiger partial charge >= 0.3 is 0 Å². The second-order valence-corrected chi connectivity index (χ2v) is 7.99. The minimum absolute atomic E-state index is 0.637. The van der Waals surface area contributed by atoms with Gasteiger partial charge in [-0.15, -0.1) is 5.10 Å². The number of hydrogen-bond acceptors (Lipinski definition) is 4. The Bertz CT molecular complexity index is 1180. The van der Waals surface area contributed by atoms with E-state index in [9.17, 15) is 0 Å². The van der Waals surface area contributed by atoms with Gasteiger partial charge in [-0.3, -0.25) is 0 Å². The van der Waals surface area contributed by atoms with Crippen LogP contribution in [0.5, 0.6) is 0 Å². The van der Waals surface area contributed by atoms with Gasteiger partial charge in [0.05, 0.1) is 5.69 Å². The maximum absolute atomic E-state index is 6.34. The highest BCUT2D eigenvalue weighted by Crippen LogP contribution is 2.29. The highest BCUT2D eigenvalue weighted by atomic mass is 35.5. The van der Waals surface area contributed by atoms with Crippen molar-refractivity contribution in [3.8, 4) is 0 Å². The molecule has 146 valence electrons. The molecule has 0 radical (unpaired) electrons. The van der Waals surface area contributed by atoms with Gasteiger partial charge in [0, 0.05) is 23.6 Å². The van der Waals surface area contributed by atoms with Crippen molar-refractivity contribution in [3.05, 3.63) is 87.3 Å². The van der Waals surface area contributed by atoms with Crippen LogP contribution in [-0.4, -0.2) is 19.6 Å². The predicted molar refractivity (Wildman–Crippen MR) is 116 cm³/mol. The van der Waals surface area contributed by atoms with E-state index in [0.717, 1.165) is 47.2 Å². The quantitative estimate of drug-likeness (QED) is 0.521. The average Bonchev–Trinajstić information content (AvgIpc) is 3.34. The molecule has 6 heteroatoms. The summed E-state index contributed by atoms with van der Waals surface area (Å²) in [6, 6.07) is 16.4. The molecule has 1 aliphatic rings. The average molecular weight is 404 g/mol. The molecule has 0 spiro atoms. The maximum Gasteiger partial charge on any atom is 0.254 e. The van der Waals surface area contributed by atoms with Crippen LogP contribution in [0.4, 0.5) is 5.82 Å². The summed E-state index contributed by atoms with van der Waals surface area (Å²) < 4.78 is 1.87. The first-order chi connectivity index (χ1) is 14.2. The van der Waals surface area contributed by atoms with Crippen LogP contribution in [0.1, 0.15) is 40.2 Å². The molecule has 5 rings (SSSR count). The minimum Gasteiger partial charge on any atom is -0.365 e. The van der Waals surface area contributed by atoms with E-state index in [1.54, 1.807) is 0 Å². The van der Waals surface area contributed by atoms with Crippen molar-refractivity contribution < 1.29 is 0 Å². The molecule has 2 heterocycles. The Morgan fingerprint density at radius 2 is 1.86 bits per heavy atom. The molecular formula is C23H22ClN5. The van der Waals surface area contributed by atoms with Crippen LogP contribution >= 0.6 is 11.6 Å². The van der Waals surface area contributed by atoms with Gasteiger partial charge in [0.25, 0.3) is 5.78 Å². The Morgan fingerprint density at radius 1 is 1.03 bits per heavy atom. The van der Waals surface area contributed by atoms with Crippen LogP contribution in [0.3, 0.4) is 0 Å². The van der Waals surface area contributed by atoms with E-state index in [0.29, 0.717) is 18.7 Å².